The van der Waals surface area contributed by atoms with Gasteiger partial charge in [-0.05, 0) is 26.4 Å². The molecule has 0 aliphatic carbocycles. The average Bonchev–Trinajstić information content (AvgIpc) is 2.57. The van der Waals surface area contributed by atoms with E-state index in [1.165, 1.54) is 12.8 Å². The highest BCUT2D eigenvalue weighted by molar-refractivity contribution is 4.68. The summed E-state index contributed by atoms with van der Waals surface area (Å²) in [6, 6.07) is 0. The van der Waals surface area contributed by atoms with Crippen molar-refractivity contribution in [1.82, 2.24) is 10.2 Å². The summed E-state index contributed by atoms with van der Waals surface area (Å²) in [5.74, 6) is 0. The van der Waals surface area contributed by atoms with Gasteiger partial charge in [0.2, 0.25) is 0 Å². The Hall–Kier alpha value is -0.120. The summed E-state index contributed by atoms with van der Waals surface area (Å²) in [5, 5.41) is 3.32. The third-order valence-electron chi connectivity index (χ3n) is 2.46. The largest absolute Gasteiger partial charge is 0.377 e. The molecule has 78 valence electrons. The van der Waals surface area contributed by atoms with Crippen molar-refractivity contribution in [3.63, 3.8) is 0 Å². The van der Waals surface area contributed by atoms with Crippen LogP contribution in [0.15, 0.2) is 0 Å². The molecule has 0 amide bonds. The maximum atomic E-state index is 5.57. The molecule has 0 unspecified atom stereocenters. The Morgan fingerprint density at radius 3 is 3.00 bits per heavy atom. The predicted molar refractivity (Wildman–Crippen MR) is 55.0 cm³/mol. The molecule has 1 N–H and O–H groups in total. The molecule has 1 aliphatic rings. The number of nitrogens with zero attached hydrogens (tertiary/aromatic N) is 1. The molecular weight excluding hydrogens is 164 g/mol. The van der Waals surface area contributed by atoms with E-state index in [9.17, 15) is 0 Å². The van der Waals surface area contributed by atoms with Gasteiger partial charge in [-0.15, -0.1) is 0 Å². The number of hydrogen-bond acceptors (Lipinski definition) is 3. The standard InChI is InChI=1S/C10H22N2O/c1-3-11-6-7-12(2)9-10-5-4-8-13-10/h10-11H,3-9H2,1-2H3/t10-/m0/s1. The molecule has 13 heavy (non-hydrogen) atoms. The van der Waals surface area contributed by atoms with E-state index >= 15 is 0 Å². The molecule has 0 spiro atoms. The van der Waals surface area contributed by atoms with Gasteiger partial charge in [-0.3, -0.25) is 0 Å². The van der Waals surface area contributed by atoms with Crippen molar-refractivity contribution in [2.45, 2.75) is 25.9 Å². The normalized spacial score (nSPS) is 22.8. The lowest BCUT2D eigenvalue weighted by molar-refractivity contribution is 0.0815. The highest BCUT2D eigenvalue weighted by atomic mass is 16.5. The fraction of sp³-hybridized carbons (Fsp3) is 1.00. The van der Waals surface area contributed by atoms with E-state index in [0.29, 0.717) is 6.10 Å². The van der Waals surface area contributed by atoms with E-state index in [1.54, 1.807) is 0 Å². The lowest BCUT2D eigenvalue weighted by Gasteiger charge is -2.20. The summed E-state index contributed by atoms with van der Waals surface area (Å²) in [6.07, 6.45) is 2.98. The summed E-state index contributed by atoms with van der Waals surface area (Å²) >= 11 is 0. The summed E-state index contributed by atoms with van der Waals surface area (Å²) in [6.45, 7) is 7.46. The topological polar surface area (TPSA) is 24.5 Å². The minimum atomic E-state index is 0.492. The summed E-state index contributed by atoms with van der Waals surface area (Å²) in [4.78, 5) is 2.35. The smallest absolute Gasteiger partial charge is 0.0702 e. The van der Waals surface area contributed by atoms with E-state index in [2.05, 4.69) is 24.2 Å². The van der Waals surface area contributed by atoms with Crippen LogP contribution in [0.4, 0.5) is 0 Å². The predicted octanol–water partition coefficient (Wildman–Crippen LogP) is 0.707. The second-order valence-electron chi connectivity index (χ2n) is 3.75. The van der Waals surface area contributed by atoms with Crippen LogP contribution in [0.3, 0.4) is 0 Å². The second kappa shape index (κ2) is 6.35. The fourth-order valence-electron chi connectivity index (χ4n) is 1.67. The first-order valence-corrected chi connectivity index (χ1v) is 5.33. The van der Waals surface area contributed by atoms with Crippen LogP contribution in [0.5, 0.6) is 0 Å². The van der Waals surface area contributed by atoms with Gasteiger partial charge >= 0.3 is 0 Å². The highest BCUT2D eigenvalue weighted by Crippen LogP contribution is 2.12. The van der Waals surface area contributed by atoms with Crippen LogP contribution < -0.4 is 5.32 Å². The fourth-order valence-corrected chi connectivity index (χ4v) is 1.67. The number of likely N-dealkylation sites (N-methyl/N-ethyl adjacent to an activating group) is 2. The van der Waals surface area contributed by atoms with Crippen LogP contribution in [0.25, 0.3) is 0 Å². The Balaban J connectivity index is 1.99. The molecule has 1 atom stereocenters. The molecule has 1 rings (SSSR count). The first kappa shape index (κ1) is 11.0. The van der Waals surface area contributed by atoms with E-state index < -0.39 is 0 Å². The molecule has 0 aromatic heterocycles. The second-order valence-corrected chi connectivity index (χ2v) is 3.75. The van der Waals surface area contributed by atoms with Crippen molar-refractivity contribution in [1.29, 1.82) is 0 Å². The first-order chi connectivity index (χ1) is 6.33. The van der Waals surface area contributed by atoms with E-state index in [4.69, 9.17) is 4.74 Å². The number of rotatable bonds is 6. The Kier molecular flexibility index (Phi) is 5.35. The molecule has 1 saturated heterocycles. The quantitative estimate of drug-likeness (QED) is 0.618. The van der Waals surface area contributed by atoms with Crippen molar-refractivity contribution >= 4 is 0 Å². The molecule has 0 saturated carbocycles. The van der Waals surface area contributed by atoms with Crippen molar-refractivity contribution in [3.8, 4) is 0 Å². The van der Waals surface area contributed by atoms with Crippen LogP contribution in [0.2, 0.25) is 0 Å². The van der Waals surface area contributed by atoms with E-state index in [1.807, 2.05) is 0 Å². The molecule has 1 fully saturated rings. The zero-order chi connectivity index (χ0) is 9.52. The molecule has 1 heterocycles. The zero-order valence-corrected chi connectivity index (χ0v) is 8.88. The van der Waals surface area contributed by atoms with Gasteiger partial charge in [0.05, 0.1) is 6.10 Å². The van der Waals surface area contributed by atoms with Gasteiger partial charge in [0.25, 0.3) is 0 Å². The third kappa shape index (κ3) is 4.60. The molecule has 0 radical (unpaired) electrons. The van der Waals surface area contributed by atoms with Gasteiger partial charge < -0.3 is 15.0 Å². The van der Waals surface area contributed by atoms with Crippen LogP contribution in [-0.4, -0.2) is 50.8 Å². The minimum absolute atomic E-state index is 0.492. The van der Waals surface area contributed by atoms with Gasteiger partial charge in [0.15, 0.2) is 0 Å². The lowest BCUT2D eigenvalue weighted by Crippen LogP contribution is -2.34. The first-order valence-electron chi connectivity index (χ1n) is 5.33. The van der Waals surface area contributed by atoms with Gasteiger partial charge in [0.1, 0.15) is 0 Å². The Labute approximate surface area is 81.4 Å². The molecule has 0 aromatic carbocycles. The van der Waals surface area contributed by atoms with Crippen LogP contribution in [0.1, 0.15) is 19.8 Å². The summed E-state index contributed by atoms with van der Waals surface area (Å²) in [7, 11) is 2.17. The average molecular weight is 186 g/mol. The van der Waals surface area contributed by atoms with Crippen LogP contribution in [-0.2, 0) is 4.74 Å². The molecule has 0 aromatic rings. The monoisotopic (exact) mass is 186 g/mol. The van der Waals surface area contributed by atoms with Crippen LogP contribution in [0, 0.1) is 0 Å². The number of ether oxygens (including phenoxy) is 1. The van der Waals surface area contributed by atoms with Crippen molar-refractivity contribution in [3.05, 3.63) is 0 Å². The van der Waals surface area contributed by atoms with Gasteiger partial charge in [-0.1, -0.05) is 6.92 Å². The minimum Gasteiger partial charge on any atom is -0.377 e. The van der Waals surface area contributed by atoms with E-state index in [-0.39, 0.29) is 0 Å². The highest BCUT2D eigenvalue weighted by Gasteiger charge is 2.16. The Morgan fingerprint density at radius 1 is 1.54 bits per heavy atom. The van der Waals surface area contributed by atoms with Crippen molar-refractivity contribution in [2.24, 2.45) is 0 Å². The summed E-state index contributed by atoms with van der Waals surface area (Å²) in [5.41, 5.74) is 0. The maximum absolute atomic E-state index is 5.57. The Morgan fingerprint density at radius 2 is 2.38 bits per heavy atom. The molecule has 1 aliphatic heterocycles. The molecule has 0 bridgehead atoms. The third-order valence-corrected chi connectivity index (χ3v) is 2.46. The van der Waals surface area contributed by atoms with Crippen LogP contribution >= 0.6 is 0 Å². The van der Waals surface area contributed by atoms with Gasteiger partial charge in [-0.2, -0.15) is 0 Å². The zero-order valence-electron chi connectivity index (χ0n) is 8.88. The van der Waals surface area contributed by atoms with Crippen molar-refractivity contribution in [2.75, 3.05) is 39.8 Å². The molecule has 3 heteroatoms. The SMILES string of the molecule is CCNCCN(C)C[C@@H]1CCCO1. The molecular formula is C10H22N2O. The van der Waals surface area contributed by atoms with Gasteiger partial charge in [0, 0.05) is 26.2 Å². The Bertz CT molecular complexity index is 124. The van der Waals surface area contributed by atoms with Crippen molar-refractivity contribution < 1.29 is 4.74 Å². The van der Waals surface area contributed by atoms with E-state index in [0.717, 1.165) is 32.8 Å². The number of nitrogens with one attached hydrogen (secondary N) is 1. The maximum Gasteiger partial charge on any atom is 0.0702 e. The summed E-state index contributed by atoms with van der Waals surface area (Å²) < 4.78 is 5.57. The number of hydrogen-bond donors (Lipinski definition) is 1. The molecule has 3 nitrogen and oxygen atoms in total. The van der Waals surface area contributed by atoms with Gasteiger partial charge in [-0.25, -0.2) is 0 Å². The lowest BCUT2D eigenvalue weighted by atomic mass is 10.2.